The van der Waals surface area contributed by atoms with Gasteiger partial charge >= 0.3 is 0 Å². The third-order valence-electron chi connectivity index (χ3n) is 17.2. The van der Waals surface area contributed by atoms with E-state index in [1.807, 2.05) is 60.7 Å². The third-order valence-corrected chi connectivity index (χ3v) is 18.0. The van der Waals surface area contributed by atoms with Crippen molar-refractivity contribution in [2.45, 2.75) is 13.3 Å². The molecule has 6 heterocycles. The number of nitrogens with one attached hydrogen (secondary N) is 4. The number of carbonyl (C=O) groups is 2. The van der Waals surface area contributed by atoms with Gasteiger partial charge in [-0.15, -0.1) is 46.4 Å². The van der Waals surface area contributed by atoms with Crippen LogP contribution in [-0.2, 0) is 91.8 Å². The van der Waals surface area contributed by atoms with Crippen molar-refractivity contribution in [3.8, 4) is 23.0 Å². The van der Waals surface area contributed by atoms with Crippen LogP contribution < -0.4 is 55.4 Å². The monoisotopic (exact) mass is 1900 g/mol. The molecule has 129 heavy (non-hydrogen) atoms. The average Bonchev–Trinajstić information content (AvgIpc) is 0.813. The molecule has 0 saturated heterocycles. The molecule has 0 radical (unpaired) electrons. The Morgan fingerprint density at radius 3 is 0.969 bits per heavy atom. The van der Waals surface area contributed by atoms with E-state index in [9.17, 15) is 9.59 Å². The zero-order chi connectivity index (χ0) is 91.7. The van der Waals surface area contributed by atoms with Crippen LogP contribution in [0.1, 0.15) is 35.3 Å². The van der Waals surface area contributed by atoms with Crippen LogP contribution in [0.4, 0.5) is 17.1 Å². The van der Waals surface area contributed by atoms with E-state index in [-0.39, 0.29) is 5.91 Å². The molecule has 0 spiro atoms. The third kappa shape index (κ3) is 48.7. The van der Waals surface area contributed by atoms with E-state index in [0.29, 0.717) is 317 Å². The van der Waals surface area contributed by atoms with Gasteiger partial charge < -0.3 is 109 Å². The molecular formula is C87H122Cl5N15O22. The SMILES string of the molecule is CCc1cccnc1C1=NNC(c2ccc(OCCOCCOCCOCCOCCOCCOCCOCCOC)cn2)=NN1.COCCOCCOCCOCCOCCOCCOCCOCCOc1ccc(C2=NNC(c3ncccc3N(C)C(=O)/C=C/Oc3ccc(N(CCCl)CCCl)cc3)=NN2)nc1.O=C(Cl)/C=C/Oc1ccc(N(CCCl)CCCl)cc1. The fraction of sp³-hybridized carbons (Fsp3) is 0.517. The minimum atomic E-state index is -0.577. The second-order valence-corrected chi connectivity index (χ2v) is 28.2. The molecule has 4 N–H and O–H groups in total. The van der Waals surface area contributed by atoms with Gasteiger partial charge in [-0.3, -0.25) is 41.3 Å². The number of aryl methyl sites for hydroxylation is 1. The van der Waals surface area contributed by atoms with Gasteiger partial charge in [0.15, 0.2) is 23.3 Å². The molecule has 4 aromatic heterocycles. The maximum Gasteiger partial charge on any atom is 0.253 e. The van der Waals surface area contributed by atoms with Crippen LogP contribution in [0, 0.1) is 0 Å². The van der Waals surface area contributed by atoms with E-state index in [1.165, 1.54) is 23.5 Å². The van der Waals surface area contributed by atoms with Crippen molar-refractivity contribution in [2.24, 2.45) is 20.4 Å². The van der Waals surface area contributed by atoms with Crippen molar-refractivity contribution in [2.75, 3.05) is 297 Å². The van der Waals surface area contributed by atoms with Crippen molar-refractivity contribution in [1.82, 2.24) is 41.6 Å². The molecule has 42 heteroatoms. The maximum atomic E-state index is 13.1. The normalized spacial score (nSPS) is 12.3. The second kappa shape index (κ2) is 72.8. The molecule has 1 amide bonds. The number of hydrogen-bond donors (Lipinski definition) is 4. The minimum Gasteiger partial charge on any atom is -0.490 e. The molecule has 0 saturated carbocycles. The fourth-order valence-electron chi connectivity index (χ4n) is 10.7. The summed E-state index contributed by atoms with van der Waals surface area (Å²) in [5, 5.41) is 16.9. The molecule has 2 aliphatic heterocycles. The maximum absolute atomic E-state index is 13.1. The Morgan fingerprint density at radius 1 is 0.357 bits per heavy atom. The Kier molecular flexibility index (Phi) is 61.5. The van der Waals surface area contributed by atoms with Crippen molar-refractivity contribution < 1.29 is 104 Å². The lowest BCUT2D eigenvalue weighted by Crippen LogP contribution is -2.37. The van der Waals surface area contributed by atoms with E-state index in [0.717, 1.165) is 48.2 Å². The van der Waals surface area contributed by atoms with E-state index >= 15 is 0 Å². The van der Waals surface area contributed by atoms with Gasteiger partial charge in [-0.25, -0.2) is 9.97 Å². The summed E-state index contributed by atoms with van der Waals surface area (Å²) in [7, 11) is 4.92. The van der Waals surface area contributed by atoms with Gasteiger partial charge in [0.05, 0.1) is 229 Å². The van der Waals surface area contributed by atoms with Gasteiger partial charge in [0.1, 0.15) is 59.0 Å². The number of allylic oxidation sites excluding steroid dienone is 1. The van der Waals surface area contributed by atoms with E-state index < -0.39 is 5.24 Å². The number of methoxy groups -OCH3 is 2. The molecule has 0 bridgehead atoms. The van der Waals surface area contributed by atoms with Gasteiger partial charge in [0.25, 0.3) is 5.91 Å². The number of amides is 1. The molecule has 0 unspecified atom stereocenters. The van der Waals surface area contributed by atoms with Gasteiger partial charge in [-0.2, -0.15) is 20.4 Å². The quantitative estimate of drug-likeness (QED) is 0.00911. The Bertz CT molecular complexity index is 4100. The molecule has 2 aliphatic rings. The van der Waals surface area contributed by atoms with E-state index in [4.69, 9.17) is 153 Å². The lowest BCUT2D eigenvalue weighted by molar-refractivity contribution is -0.114. The number of pyridine rings is 4. The van der Waals surface area contributed by atoms with Gasteiger partial charge in [0.2, 0.25) is 5.24 Å². The lowest BCUT2D eigenvalue weighted by atomic mass is 10.1. The van der Waals surface area contributed by atoms with Crippen LogP contribution >= 0.6 is 58.0 Å². The molecule has 2 aromatic carbocycles. The number of carbonyl (C=O) groups excluding carboxylic acids is 2. The Hall–Kier alpha value is -8.85. The van der Waals surface area contributed by atoms with E-state index in [2.05, 4.69) is 78.8 Å². The molecule has 37 nitrogen and oxygen atoms in total. The molecule has 8 rings (SSSR count). The number of benzene rings is 2. The average molecular weight is 1910 g/mol. The Morgan fingerprint density at radius 2 is 0.659 bits per heavy atom. The van der Waals surface area contributed by atoms with Crippen LogP contribution in [0.25, 0.3) is 0 Å². The number of nitrogens with zero attached hydrogens (tertiary/aromatic N) is 11. The Labute approximate surface area is 779 Å². The van der Waals surface area contributed by atoms with Gasteiger partial charge in [-0.05, 0) is 115 Å². The summed E-state index contributed by atoms with van der Waals surface area (Å²) in [6, 6.07) is 29.4. The predicted molar refractivity (Wildman–Crippen MR) is 495 cm³/mol. The highest BCUT2D eigenvalue weighted by molar-refractivity contribution is 6.66. The first-order valence-corrected chi connectivity index (χ1v) is 44.6. The lowest BCUT2D eigenvalue weighted by Gasteiger charge is -2.22. The number of alkyl halides is 4. The summed E-state index contributed by atoms with van der Waals surface area (Å²) in [5.74, 6) is 5.87. The van der Waals surface area contributed by atoms with E-state index in [1.54, 1.807) is 82.5 Å². The molecule has 0 fully saturated rings. The second-order valence-electron chi connectivity index (χ2n) is 26.3. The number of anilines is 3. The van der Waals surface area contributed by atoms with Crippen molar-refractivity contribution in [3.05, 3.63) is 175 Å². The number of rotatable bonds is 72. The molecule has 6 aromatic rings. The molecule has 0 atom stereocenters. The van der Waals surface area contributed by atoms with Crippen LogP contribution in [0.3, 0.4) is 0 Å². The number of hydrazone groups is 4. The zero-order valence-corrected chi connectivity index (χ0v) is 77.4. The number of likely N-dealkylation sites (N-methyl/N-ethyl adjacent to an activating group) is 1. The minimum absolute atomic E-state index is 0.310. The molecule has 712 valence electrons. The smallest absolute Gasteiger partial charge is 0.253 e. The summed E-state index contributed by atoms with van der Waals surface area (Å²) >= 11 is 28.5. The highest BCUT2D eigenvalue weighted by Crippen LogP contribution is 2.24. The van der Waals surface area contributed by atoms with Gasteiger partial charge in [0, 0.05) is 107 Å². The summed E-state index contributed by atoms with van der Waals surface area (Å²) in [6.45, 7) is 20.7. The topological polar surface area (TPSA) is 378 Å². The van der Waals surface area contributed by atoms with Crippen LogP contribution in [0.5, 0.6) is 23.0 Å². The number of aromatic nitrogens is 4. The highest BCUT2D eigenvalue weighted by Gasteiger charge is 2.22. The first kappa shape index (κ1) is 109. The summed E-state index contributed by atoms with van der Waals surface area (Å²) in [6.07, 6.45) is 12.5. The summed E-state index contributed by atoms with van der Waals surface area (Å²) in [4.78, 5) is 46.9. The first-order valence-electron chi connectivity index (χ1n) is 42.1. The summed E-state index contributed by atoms with van der Waals surface area (Å²) < 4.78 is 109. The Balaban J connectivity index is 0.000000341. The summed E-state index contributed by atoms with van der Waals surface area (Å²) in [5.41, 5.74) is 17.6. The fourth-order valence-corrected chi connectivity index (χ4v) is 11.6. The molecule has 0 aliphatic carbocycles. The van der Waals surface area contributed by atoms with Crippen molar-refractivity contribution in [3.63, 3.8) is 0 Å². The zero-order valence-electron chi connectivity index (χ0n) is 73.6. The number of halogens is 5. The molecular weight excluding hydrogens is 1780 g/mol. The van der Waals surface area contributed by atoms with Gasteiger partial charge in [-0.1, -0.05) is 13.0 Å². The van der Waals surface area contributed by atoms with Crippen molar-refractivity contribution >= 4 is 110 Å². The number of amidine groups is 4. The van der Waals surface area contributed by atoms with Crippen molar-refractivity contribution in [1.29, 1.82) is 0 Å². The van der Waals surface area contributed by atoms with Crippen LogP contribution in [0.15, 0.2) is 167 Å². The first-order chi connectivity index (χ1) is 63.5. The van der Waals surface area contributed by atoms with Crippen LogP contribution in [0.2, 0.25) is 0 Å². The number of ether oxygens (including phenoxy) is 20. The highest BCUT2D eigenvalue weighted by atomic mass is 35.5. The van der Waals surface area contributed by atoms with Crippen LogP contribution in [-0.4, -0.2) is 337 Å². The number of hydrogen-bond acceptors (Lipinski definition) is 36. The predicted octanol–water partition coefficient (Wildman–Crippen LogP) is 8.70. The largest absolute Gasteiger partial charge is 0.490 e. The standard InChI is InChI=1S/C43H60Cl2N8O11.C31H48N6O9.C13H14Cl3NO2/c1-52(40(54)11-17-63-36-7-5-35(6-8-36)53(15-12-44)16-13-45)39-4-3-14-46-41(39)43-50-48-42(49-51-43)38-10-9-37(34-47-38)64-33-32-62-31-30-61-29-28-60-27-26-59-25-24-58-23-22-57-21-20-56-19-18-55-2;1-3-26-5-4-8-32-29(26)31-36-34-30(35-37-31)28-7-6-27(25-33-28)46-24-23-45-22-21-44-20-19-43-18-17-42-16-15-41-14-13-40-12-11-39-10-9-38-2;14-6-8-17(9-7-15)11-1-3-12(4-2-11)19-10-5-13(16)18/h3-11,14,17,34H,12-13,15-16,18-33H2,1-2H3,(H,48,49)(H,50,51);4-8,25H,3,9-24H2,1-2H3,(H,34,35)(H,36,37);1-5,10H,6-9H2/b17-11+;;10-5+.